The van der Waals surface area contributed by atoms with Gasteiger partial charge in [-0.2, -0.15) is 0 Å². The van der Waals surface area contributed by atoms with Crippen LogP contribution >= 0.6 is 0 Å². The van der Waals surface area contributed by atoms with E-state index < -0.39 is 0 Å². The molecular formula is C10H21N3O. The van der Waals surface area contributed by atoms with Gasteiger partial charge in [-0.1, -0.05) is 0 Å². The molecule has 4 heteroatoms. The van der Waals surface area contributed by atoms with Crippen molar-refractivity contribution in [1.29, 1.82) is 0 Å². The van der Waals surface area contributed by atoms with Gasteiger partial charge in [-0.3, -0.25) is 0 Å². The van der Waals surface area contributed by atoms with Crippen LogP contribution < -0.4 is 10.6 Å². The third-order valence-corrected chi connectivity index (χ3v) is 2.90. The third kappa shape index (κ3) is 3.96. The first-order chi connectivity index (χ1) is 6.72. The third-order valence-electron chi connectivity index (χ3n) is 2.90. The molecule has 2 amide bonds. The Labute approximate surface area is 86.0 Å². The number of likely N-dealkylation sites (tertiary alicyclic amines) is 1. The number of hydrogen-bond acceptors (Lipinski definition) is 2. The first kappa shape index (κ1) is 11.3. The van der Waals surface area contributed by atoms with Crippen LogP contribution in [0.3, 0.4) is 0 Å². The summed E-state index contributed by atoms with van der Waals surface area (Å²) in [4.78, 5) is 13.2. The molecule has 1 saturated heterocycles. The molecule has 1 heterocycles. The Hall–Kier alpha value is -0.770. The fraction of sp³-hybridized carbons (Fsp3) is 0.900. The summed E-state index contributed by atoms with van der Waals surface area (Å²) in [7, 11) is 3.81. The Bertz CT molecular complexity index is 176. The summed E-state index contributed by atoms with van der Waals surface area (Å²) in [5.41, 5.74) is 0. The van der Waals surface area contributed by atoms with Gasteiger partial charge in [-0.15, -0.1) is 0 Å². The molecule has 0 bridgehead atoms. The van der Waals surface area contributed by atoms with Gasteiger partial charge in [0.1, 0.15) is 0 Å². The maximum Gasteiger partial charge on any atom is 0.314 e. The summed E-state index contributed by atoms with van der Waals surface area (Å²) in [6.07, 6.45) is 3.65. The van der Waals surface area contributed by atoms with Crippen LogP contribution in [0.25, 0.3) is 0 Å². The van der Waals surface area contributed by atoms with Crippen molar-refractivity contribution in [3.63, 3.8) is 0 Å². The number of carbonyl (C=O) groups is 1. The number of carbonyl (C=O) groups excluding carboxylic acids is 1. The molecule has 14 heavy (non-hydrogen) atoms. The Morgan fingerprint density at radius 1 is 1.43 bits per heavy atom. The molecule has 0 aromatic carbocycles. The van der Waals surface area contributed by atoms with Crippen molar-refractivity contribution in [2.45, 2.75) is 19.3 Å². The van der Waals surface area contributed by atoms with Crippen LogP contribution in [-0.4, -0.2) is 44.7 Å². The van der Waals surface area contributed by atoms with E-state index in [9.17, 15) is 4.79 Å². The minimum absolute atomic E-state index is 0.0714. The minimum atomic E-state index is -0.0714. The molecule has 0 aliphatic carbocycles. The SMILES string of the molecule is CNC(=O)NCCC1CCN(C)CC1. The van der Waals surface area contributed by atoms with Gasteiger partial charge in [0.25, 0.3) is 0 Å². The molecule has 4 nitrogen and oxygen atoms in total. The quantitative estimate of drug-likeness (QED) is 0.701. The molecule has 0 aromatic heterocycles. The van der Waals surface area contributed by atoms with Crippen LogP contribution in [0.4, 0.5) is 4.79 Å². The van der Waals surface area contributed by atoms with Gasteiger partial charge in [0.2, 0.25) is 0 Å². The van der Waals surface area contributed by atoms with Crippen molar-refractivity contribution in [3.8, 4) is 0 Å². The molecule has 82 valence electrons. The normalized spacial score (nSPS) is 19.3. The molecule has 1 aliphatic heterocycles. The van der Waals surface area contributed by atoms with E-state index in [1.807, 2.05) is 0 Å². The standard InChI is InChI=1S/C10H21N3O/c1-11-10(14)12-6-3-9-4-7-13(2)8-5-9/h9H,3-8H2,1-2H3,(H2,11,12,14). The van der Waals surface area contributed by atoms with Crippen LogP contribution in [0.15, 0.2) is 0 Å². The fourth-order valence-electron chi connectivity index (χ4n) is 1.83. The van der Waals surface area contributed by atoms with Gasteiger partial charge in [0, 0.05) is 13.6 Å². The maximum absolute atomic E-state index is 10.9. The highest BCUT2D eigenvalue weighted by atomic mass is 16.2. The van der Waals surface area contributed by atoms with Gasteiger partial charge in [-0.05, 0) is 45.3 Å². The van der Waals surface area contributed by atoms with Gasteiger partial charge in [0.05, 0.1) is 0 Å². The van der Waals surface area contributed by atoms with E-state index in [-0.39, 0.29) is 6.03 Å². The van der Waals surface area contributed by atoms with E-state index >= 15 is 0 Å². The van der Waals surface area contributed by atoms with E-state index in [1.165, 1.54) is 25.9 Å². The zero-order valence-corrected chi connectivity index (χ0v) is 9.18. The Morgan fingerprint density at radius 2 is 2.07 bits per heavy atom. The molecular weight excluding hydrogens is 178 g/mol. The van der Waals surface area contributed by atoms with Gasteiger partial charge >= 0.3 is 6.03 Å². The zero-order chi connectivity index (χ0) is 10.4. The summed E-state index contributed by atoms with van der Waals surface area (Å²) in [6, 6.07) is -0.0714. The highest BCUT2D eigenvalue weighted by Crippen LogP contribution is 2.18. The van der Waals surface area contributed by atoms with Crippen molar-refractivity contribution < 1.29 is 4.79 Å². The average Bonchev–Trinajstić information content (AvgIpc) is 2.21. The van der Waals surface area contributed by atoms with Crippen LogP contribution in [0.5, 0.6) is 0 Å². The molecule has 0 unspecified atom stereocenters. The zero-order valence-electron chi connectivity index (χ0n) is 9.18. The fourth-order valence-corrected chi connectivity index (χ4v) is 1.83. The topological polar surface area (TPSA) is 44.4 Å². The summed E-state index contributed by atoms with van der Waals surface area (Å²) in [6.45, 7) is 3.20. The molecule has 1 fully saturated rings. The first-order valence-corrected chi connectivity index (χ1v) is 5.36. The summed E-state index contributed by atoms with van der Waals surface area (Å²) in [5.74, 6) is 0.795. The number of nitrogens with one attached hydrogen (secondary N) is 2. The summed E-state index contributed by atoms with van der Waals surface area (Å²) < 4.78 is 0. The second-order valence-corrected chi connectivity index (χ2v) is 4.04. The molecule has 0 atom stereocenters. The minimum Gasteiger partial charge on any atom is -0.341 e. The first-order valence-electron chi connectivity index (χ1n) is 5.36. The maximum atomic E-state index is 10.9. The van der Waals surface area contributed by atoms with E-state index in [0.29, 0.717) is 0 Å². The van der Waals surface area contributed by atoms with Gasteiger partial charge < -0.3 is 15.5 Å². The van der Waals surface area contributed by atoms with E-state index in [2.05, 4.69) is 22.6 Å². The lowest BCUT2D eigenvalue weighted by atomic mass is 9.94. The summed E-state index contributed by atoms with van der Waals surface area (Å²) in [5, 5.41) is 5.38. The largest absolute Gasteiger partial charge is 0.341 e. The second kappa shape index (κ2) is 5.86. The van der Waals surface area contributed by atoms with Gasteiger partial charge in [0.15, 0.2) is 0 Å². The van der Waals surface area contributed by atoms with Crippen molar-refractivity contribution in [3.05, 3.63) is 0 Å². The average molecular weight is 199 g/mol. The molecule has 0 spiro atoms. The predicted octanol–water partition coefficient (Wildman–Crippen LogP) is 0.647. The molecule has 0 radical (unpaired) electrons. The number of hydrogen-bond donors (Lipinski definition) is 2. The van der Waals surface area contributed by atoms with E-state index in [4.69, 9.17) is 0 Å². The monoisotopic (exact) mass is 199 g/mol. The number of amides is 2. The smallest absolute Gasteiger partial charge is 0.314 e. The van der Waals surface area contributed by atoms with E-state index in [0.717, 1.165) is 18.9 Å². The predicted molar refractivity (Wildman–Crippen MR) is 57.3 cm³/mol. The summed E-state index contributed by atoms with van der Waals surface area (Å²) >= 11 is 0. The number of nitrogens with zero attached hydrogens (tertiary/aromatic N) is 1. The lowest BCUT2D eigenvalue weighted by Crippen LogP contribution is -2.36. The highest BCUT2D eigenvalue weighted by molar-refractivity contribution is 5.73. The van der Waals surface area contributed by atoms with Crippen molar-refractivity contribution >= 4 is 6.03 Å². The Kier molecular flexibility index (Phi) is 4.73. The van der Waals surface area contributed by atoms with Gasteiger partial charge in [-0.25, -0.2) is 4.79 Å². The number of rotatable bonds is 3. The second-order valence-electron chi connectivity index (χ2n) is 4.04. The van der Waals surface area contributed by atoms with Crippen molar-refractivity contribution in [2.24, 2.45) is 5.92 Å². The highest BCUT2D eigenvalue weighted by Gasteiger charge is 2.15. The number of urea groups is 1. The molecule has 2 N–H and O–H groups in total. The van der Waals surface area contributed by atoms with Crippen molar-refractivity contribution in [2.75, 3.05) is 33.7 Å². The lowest BCUT2D eigenvalue weighted by molar-refractivity contribution is 0.210. The molecule has 1 rings (SSSR count). The molecule has 1 aliphatic rings. The Balaban J connectivity index is 2.04. The lowest BCUT2D eigenvalue weighted by Gasteiger charge is -2.28. The van der Waals surface area contributed by atoms with Crippen LogP contribution in [0.1, 0.15) is 19.3 Å². The Morgan fingerprint density at radius 3 is 2.64 bits per heavy atom. The van der Waals surface area contributed by atoms with Crippen molar-refractivity contribution in [1.82, 2.24) is 15.5 Å². The number of piperidine rings is 1. The van der Waals surface area contributed by atoms with E-state index in [1.54, 1.807) is 7.05 Å². The molecule has 0 aromatic rings. The van der Waals surface area contributed by atoms with Crippen LogP contribution in [0.2, 0.25) is 0 Å². The van der Waals surface area contributed by atoms with Crippen LogP contribution in [-0.2, 0) is 0 Å². The van der Waals surface area contributed by atoms with Crippen LogP contribution in [0, 0.1) is 5.92 Å². The molecule has 0 saturated carbocycles.